The van der Waals surface area contributed by atoms with Gasteiger partial charge in [0.1, 0.15) is 6.61 Å². The van der Waals surface area contributed by atoms with Crippen LogP contribution in [0.15, 0.2) is 0 Å². The highest BCUT2D eigenvalue weighted by Gasteiger charge is 2.16. The van der Waals surface area contributed by atoms with Gasteiger partial charge in [-0.1, -0.05) is 187 Å². The number of aliphatic hydroxyl groups excluding tert-OH is 1. The third-order valence-electron chi connectivity index (χ3n) is 8.65. The molecule has 0 aliphatic carbocycles. The van der Waals surface area contributed by atoms with E-state index in [4.69, 9.17) is 9.47 Å². The molecule has 1 N–H and O–H groups in total. The van der Waals surface area contributed by atoms with Crippen LogP contribution in [0.25, 0.3) is 0 Å². The third kappa shape index (κ3) is 33.6. The van der Waals surface area contributed by atoms with Crippen molar-refractivity contribution in [1.82, 2.24) is 0 Å². The molecular formula is C38H74O5. The highest BCUT2D eigenvalue weighted by Crippen LogP contribution is 2.16. The maximum Gasteiger partial charge on any atom is 0.306 e. The van der Waals surface area contributed by atoms with Gasteiger partial charge in [-0.05, 0) is 12.8 Å². The van der Waals surface area contributed by atoms with Gasteiger partial charge in [0, 0.05) is 12.8 Å². The molecule has 5 nitrogen and oxygen atoms in total. The molecule has 5 heteroatoms. The molecule has 0 fully saturated rings. The summed E-state index contributed by atoms with van der Waals surface area (Å²) >= 11 is 0. The summed E-state index contributed by atoms with van der Waals surface area (Å²) in [5.74, 6) is -0.585. The summed E-state index contributed by atoms with van der Waals surface area (Å²) in [7, 11) is 0. The van der Waals surface area contributed by atoms with Crippen LogP contribution in [0.5, 0.6) is 0 Å². The normalized spacial score (nSPS) is 12.0. The van der Waals surface area contributed by atoms with E-state index >= 15 is 0 Å². The van der Waals surface area contributed by atoms with Gasteiger partial charge >= 0.3 is 11.9 Å². The van der Waals surface area contributed by atoms with Crippen molar-refractivity contribution in [2.75, 3.05) is 13.2 Å². The van der Waals surface area contributed by atoms with E-state index in [0.29, 0.717) is 12.8 Å². The highest BCUT2D eigenvalue weighted by molar-refractivity contribution is 5.70. The first kappa shape index (κ1) is 41.9. The second kappa shape index (κ2) is 35.4. The molecular weight excluding hydrogens is 536 g/mol. The van der Waals surface area contributed by atoms with Gasteiger partial charge in [0.25, 0.3) is 0 Å². The van der Waals surface area contributed by atoms with Gasteiger partial charge in [0.15, 0.2) is 6.10 Å². The zero-order valence-corrected chi connectivity index (χ0v) is 29.0. The van der Waals surface area contributed by atoms with Gasteiger partial charge in [0.05, 0.1) is 6.61 Å². The van der Waals surface area contributed by atoms with E-state index in [1.165, 1.54) is 154 Å². The number of hydrogen-bond acceptors (Lipinski definition) is 5. The Bertz CT molecular complexity index is 579. The summed E-state index contributed by atoms with van der Waals surface area (Å²) in [6, 6.07) is 0. The molecule has 0 aliphatic rings. The van der Waals surface area contributed by atoms with Gasteiger partial charge in [0.2, 0.25) is 0 Å². The molecule has 0 aromatic heterocycles. The van der Waals surface area contributed by atoms with E-state index in [1.807, 2.05) is 0 Å². The van der Waals surface area contributed by atoms with E-state index < -0.39 is 6.10 Å². The lowest BCUT2D eigenvalue weighted by Gasteiger charge is -2.15. The van der Waals surface area contributed by atoms with Gasteiger partial charge < -0.3 is 14.6 Å². The van der Waals surface area contributed by atoms with E-state index in [-0.39, 0.29) is 25.2 Å². The quantitative estimate of drug-likeness (QED) is 0.0571. The topological polar surface area (TPSA) is 72.8 Å². The monoisotopic (exact) mass is 611 g/mol. The van der Waals surface area contributed by atoms with Crippen molar-refractivity contribution < 1.29 is 24.2 Å². The minimum absolute atomic E-state index is 0.0581. The largest absolute Gasteiger partial charge is 0.462 e. The summed E-state index contributed by atoms with van der Waals surface area (Å²) in [4.78, 5) is 24.0. The number of unbranched alkanes of at least 4 members (excludes halogenated alkanes) is 27. The molecule has 0 bridgehead atoms. The number of esters is 2. The van der Waals surface area contributed by atoms with E-state index in [1.54, 1.807) is 0 Å². The first-order valence-corrected chi connectivity index (χ1v) is 19.1. The fraction of sp³-hybridized carbons (Fsp3) is 0.947. The number of carbonyl (C=O) groups excluding carboxylic acids is 2. The molecule has 0 aromatic carbocycles. The molecule has 0 spiro atoms. The van der Waals surface area contributed by atoms with Crippen molar-refractivity contribution in [3.05, 3.63) is 0 Å². The number of rotatable bonds is 35. The van der Waals surface area contributed by atoms with Crippen molar-refractivity contribution in [2.24, 2.45) is 0 Å². The summed E-state index contributed by atoms with van der Waals surface area (Å²) in [5.41, 5.74) is 0. The molecule has 0 rings (SSSR count). The first-order chi connectivity index (χ1) is 21.1. The fourth-order valence-corrected chi connectivity index (χ4v) is 5.73. The van der Waals surface area contributed by atoms with Crippen LogP contribution in [0.2, 0.25) is 0 Å². The zero-order valence-electron chi connectivity index (χ0n) is 29.0. The Morgan fingerprint density at radius 3 is 1.02 bits per heavy atom. The summed E-state index contributed by atoms with van der Waals surface area (Å²) in [5, 5.41) is 9.47. The molecule has 0 unspecified atom stereocenters. The maximum atomic E-state index is 12.0. The second-order valence-electron chi connectivity index (χ2n) is 13.0. The number of hydrogen-bond donors (Lipinski definition) is 1. The van der Waals surface area contributed by atoms with Crippen molar-refractivity contribution >= 4 is 11.9 Å². The summed E-state index contributed by atoms with van der Waals surface area (Å²) in [6.45, 7) is 4.11. The molecule has 0 radical (unpaired) electrons. The smallest absolute Gasteiger partial charge is 0.306 e. The molecule has 43 heavy (non-hydrogen) atoms. The number of carbonyl (C=O) groups is 2. The molecule has 1 atom stereocenters. The Morgan fingerprint density at radius 1 is 0.442 bits per heavy atom. The maximum absolute atomic E-state index is 12.0. The summed E-state index contributed by atoms with van der Waals surface area (Å²) < 4.78 is 10.5. The lowest BCUT2D eigenvalue weighted by Crippen LogP contribution is -2.28. The lowest BCUT2D eigenvalue weighted by molar-refractivity contribution is -0.161. The van der Waals surface area contributed by atoms with Gasteiger partial charge in [-0.3, -0.25) is 9.59 Å². The van der Waals surface area contributed by atoms with Crippen LogP contribution >= 0.6 is 0 Å². The molecule has 0 saturated heterocycles. The highest BCUT2D eigenvalue weighted by atomic mass is 16.6. The minimum Gasteiger partial charge on any atom is -0.462 e. The Balaban J connectivity index is 3.40. The van der Waals surface area contributed by atoms with E-state index in [2.05, 4.69) is 13.8 Å². The number of aliphatic hydroxyl groups is 1. The van der Waals surface area contributed by atoms with Gasteiger partial charge in [-0.25, -0.2) is 0 Å². The average molecular weight is 611 g/mol. The Labute approximate surface area is 268 Å². The SMILES string of the molecule is CCCCCCCCCCCCCCCCCCCCCCCCC(=O)OC[C@H](CO)OC(=O)CCCCCCCCC. The zero-order chi connectivity index (χ0) is 31.5. The first-order valence-electron chi connectivity index (χ1n) is 19.1. The van der Waals surface area contributed by atoms with Crippen LogP contribution in [0, 0.1) is 0 Å². The third-order valence-corrected chi connectivity index (χ3v) is 8.65. The molecule has 0 saturated carbocycles. The average Bonchev–Trinajstić information content (AvgIpc) is 3.01. The predicted molar refractivity (Wildman–Crippen MR) is 182 cm³/mol. The number of ether oxygens (including phenoxy) is 2. The van der Waals surface area contributed by atoms with Crippen LogP contribution < -0.4 is 0 Å². The predicted octanol–water partition coefficient (Wildman–Crippen LogP) is 11.6. The van der Waals surface area contributed by atoms with E-state index in [9.17, 15) is 14.7 Å². The lowest BCUT2D eigenvalue weighted by atomic mass is 10.0. The van der Waals surface area contributed by atoms with Crippen LogP contribution in [0.1, 0.15) is 213 Å². The van der Waals surface area contributed by atoms with Crippen LogP contribution in [0.4, 0.5) is 0 Å². The van der Waals surface area contributed by atoms with Crippen LogP contribution in [-0.2, 0) is 19.1 Å². The fourth-order valence-electron chi connectivity index (χ4n) is 5.73. The van der Waals surface area contributed by atoms with Crippen molar-refractivity contribution in [1.29, 1.82) is 0 Å². The van der Waals surface area contributed by atoms with Crippen molar-refractivity contribution in [3.8, 4) is 0 Å². The Kier molecular flexibility index (Phi) is 34.5. The molecule has 256 valence electrons. The van der Waals surface area contributed by atoms with Gasteiger partial charge in [-0.2, -0.15) is 0 Å². The second-order valence-corrected chi connectivity index (χ2v) is 13.0. The summed E-state index contributed by atoms with van der Waals surface area (Å²) in [6.07, 6.45) is 37.6. The van der Waals surface area contributed by atoms with Crippen LogP contribution in [-0.4, -0.2) is 36.4 Å². The molecule has 0 aromatic rings. The molecule has 0 aliphatic heterocycles. The van der Waals surface area contributed by atoms with E-state index in [0.717, 1.165) is 32.1 Å². The molecule has 0 heterocycles. The minimum atomic E-state index is -0.759. The van der Waals surface area contributed by atoms with Crippen molar-refractivity contribution in [3.63, 3.8) is 0 Å². The standard InChI is InChI=1S/C38H74O5/c1-3-5-7-9-11-12-13-14-15-16-17-18-19-20-21-22-23-24-25-27-28-30-32-37(40)42-35-36(34-39)43-38(41)33-31-29-26-10-8-6-4-2/h36,39H,3-35H2,1-2H3/t36-/m0/s1. The van der Waals surface area contributed by atoms with Crippen molar-refractivity contribution in [2.45, 2.75) is 219 Å². The Hall–Kier alpha value is -1.10. The van der Waals surface area contributed by atoms with Crippen LogP contribution in [0.3, 0.4) is 0 Å². The molecule has 0 amide bonds. The Morgan fingerprint density at radius 2 is 0.721 bits per heavy atom. The van der Waals surface area contributed by atoms with Gasteiger partial charge in [-0.15, -0.1) is 0 Å².